The van der Waals surface area contributed by atoms with Gasteiger partial charge < -0.3 is 19.5 Å². The average Bonchev–Trinajstić information content (AvgIpc) is 2.77. The Morgan fingerprint density at radius 2 is 2.18 bits per heavy atom. The number of hydrogen-bond acceptors (Lipinski definition) is 5. The second-order valence-corrected chi connectivity index (χ2v) is 6.25. The van der Waals surface area contributed by atoms with E-state index in [0.29, 0.717) is 5.70 Å². The predicted molar refractivity (Wildman–Crippen MR) is 77.6 cm³/mol. The molecular formula is C16H23NO5. The fourth-order valence-electron chi connectivity index (χ4n) is 4.27. The topological polar surface area (TPSA) is 76.1 Å². The zero-order valence-corrected chi connectivity index (χ0v) is 13.2. The molecule has 0 radical (unpaired) electrons. The van der Waals surface area contributed by atoms with Gasteiger partial charge >= 0.3 is 5.97 Å². The molecule has 2 aliphatic heterocycles. The van der Waals surface area contributed by atoms with Crippen LogP contribution in [0.4, 0.5) is 0 Å². The van der Waals surface area contributed by atoms with Gasteiger partial charge in [-0.15, -0.1) is 0 Å². The highest BCUT2D eigenvalue weighted by atomic mass is 16.5. The van der Waals surface area contributed by atoms with Gasteiger partial charge in [-0.1, -0.05) is 0 Å². The van der Waals surface area contributed by atoms with Crippen molar-refractivity contribution in [3.63, 3.8) is 0 Å². The highest BCUT2D eigenvalue weighted by Crippen LogP contribution is 2.52. The van der Waals surface area contributed by atoms with E-state index in [1.165, 1.54) is 0 Å². The van der Waals surface area contributed by atoms with Crippen LogP contribution in [0.2, 0.25) is 0 Å². The summed E-state index contributed by atoms with van der Waals surface area (Å²) in [5, 5.41) is 9.92. The van der Waals surface area contributed by atoms with E-state index in [0.717, 1.165) is 24.8 Å². The van der Waals surface area contributed by atoms with E-state index in [-0.39, 0.29) is 30.6 Å². The Labute approximate surface area is 130 Å². The van der Waals surface area contributed by atoms with Gasteiger partial charge in [-0.25, -0.2) is 4.79 Å². The van der Waals surface area contributed by atoms with Gasteiger partial charge in [-0.3, -0.25) is 4.79 Å². The van der Waals surface area contributed by atoms with E-state index in [2.05, 4.69) is 0 Å². The highest BCUT2D eigenvalue weighted by molar-refractivity contribution is 6.01. The Morgan fingerprint density at radius 3 is 2.77 bits per heavy atom. The first-order valence-electron chi connectivity index (χ1n) is 7.98. The van der Waals surface area contributed by atoms with Crippen molar-refractivity contribution in [2.24, 2.45) is 11.8 Å². The standard InChI is InChI=1S/C16H23NO5/c1-4-22-16(20)14-12-9(6-5-7-10(12)21-3)13-11(8(2)18)15(19)17(13)14/h8-11,13,18H,4-7H2,1-3H3. The van der Waals surface area contributed by atoms with Crippen LogP contribution in [-0.2, 0) is 19.1 Å². The van der Waals surface area contributed by atoms with E-state index in [1.807, 2.05) is 0 Å². The fourth-order valence-corrected chi connectivity index (χ4v) is 4.27. The summed E-state index contributed by atoms with van der Waals surface area (Å²) in [6, 6.07) is -0.125. The minimum absolute atomic E-state index is 0.0930. The summed E-state index contributed by atoms with van der Waals surface area (Å²) in [6.07, 6.45) is 1.90. The van der Waals surface area contributed by atoms with Gasteiger partial charge in [0.15, 0.2) is 0 Å². The molecule has 0 aromatic rings. The quantitative estimate of drug-likeness (QED) is 0.615. The summed E-state index contributed by atoms with van der Waals surface area (Å²) in [5.41, 5.74) is 1.26. The fraction of sp³-hybridized carbons (Fsp3) is 0.750. The SMILES string of the molecule is CCOC(=O)C1=C2C(OC)CCCC2C2C(C(C)O)C(=O)N12. The Bertz CT molecular complexity index is 527. The number of carbonyl (C=O) groups excluding carboxylic acids is 2. The molecule has 2 fully saturated rings. The molecule has 2 heterocycles. The smallest absolute Gasteiger partial charge is 0.355 e. The summed E-state index contributed by atoms with van der Waals surface area (Å²) < 4.78 is 10.7. The van der Waals surface area contributed by atoms with Crippen molar-refractivity contribution in [1.82, 2.24) is 4.90 Å². The van der Waals surface area contributed by atoms with Crippen LogP contribution in [0, 0.1) is 11.8 Å². The molecule has 5 unspecified atom stereocenters. The molecule has 0 aromatic carbocycles. The van der Waals surface area contributed by atoms with Crippen molar-refractivity contribution >= 4 is 11.9 Å². The van der Waals surface area contributed by atoms with E-state index in [9.17, 15) is 14.7 Å². The average molecular weight is 309 g/mol. The van der Waals surface area contributed by atoms with Crippen molar-refractivity contribution in [3.8, 4) is 0 Å². The van der Waals surface area contributed by atoms with Crippen LogP contribution in [0.3, 0.4) is 0 Å². The minimum Gasteiger partial charge on any atom is -0.461 e. The number of esters is 1. The number of nitrogens with zero attached hydrogens (tertiary/aromatic N) is 1. The molecule has 6 heteroatoms. The lowest BCUT2D eigenvalue weighted by Crippen LogP contribution is -2.64. The highest BCUT2D eigenvalue weighted by Gasteiger charge is 2.62. The van der Waals surface area contributed by atoms with Gasteiger partial charge in [-0.05, 0) is 38.7 Å². The number of aliphatic hydroxyl groups excluding tert-OH is 1. The van der Waals surface area contributed by atoms with Crippen LogP contribution in [-0.4, -0.2) is 53.8 Å². The number of fused-ring (bicyclic) bond motifs is 3. The first kappa shape index (κ1) is 15.5. The summed E-state index contributed by atoms with van der Waals surface area (Å²) in [7, 11) is 1.63. The lowest BCUT2D eigenvalue weighted by Gasteiger charge is -2.47. The third-order valence-corrected chi connectivity index (χ3v) is 5.12. The summed E-state index contributed by atoms with van der Waals surface area (Å²) in [5.74, 6) is -0.968. The normalized spacial score (nSPS) is 34.9. The molecule has 5 atom stereocenters. The number of ether oxygens (including phenoxy) is 2. The molecular weight excluding hydrogens is 286 g/mol. The third kappa shape index (κ3) is 2.01. The molecule has 3 rings (SSSR count). The largest absolute Gasteiger partial charge is 0.461 e. The Balaban J connectivity index is 2.02. The second kappa shape index (κ2) is 5.66. The van der Waals surface area contributed by atoms with Gasteiger partial charge in [0.25, 0.3) is 0 Å². The number of methoxy groups -OCH3 is 1. The Morgan fingerprint density at radius 1 is 1.45 bits per heavy atom. The number of β-lactam (4-membered cyclic amide) rings is 1. The molecule has 1 aliphatic carbocycles. The molecule has 0 bridgehead atoms. The Kier molecular flexibility index (Phi) is 3.99. The Hall–Kier alpha value is -1.40. The number of aliphatic hydroxyl groups is 1. The maximum atomic E-state index is 12.4. The van der Waals surface area contributed by atoms with Gasteiger partial charge in [0.1, 0.15) is 5.70 Å². The molecule has 3 aliphatic rings. The van der Waals surface area contributed by atoms with Crippen LogP contribution in [0.1, 0.15) is 33.1 Å². The van der Waals surface area contributed by atoms with E-state index in [4.69, 9.17) is 9.47 Å². The molecule has 22 heavy (non-hydrogen) atoms. The summed E-state index contributed by atoms with van der Waals surface area (Å²) in [6.45, 7) is 3.65. The maximum absolute atomic E-state index is 12.4. The second-order valence-electron chi connectivity index (χ2n) is 6.25. The van der Waals surface area contributed by atoms with Gasteiger partial charge in [0.05, 0.1) is 30.8 Å². The van der Waals surface area contributed by atoms with E-state index in [1.54, 1.807) is 25.9 Å². The number of amides is 1. The van der Waals surface area contributed by atoms with Crippen molar-refractivity contribution in [3.05, 3.63) is 11.3 Å². The molecule has 1 N–H and O–H groups in total. The number of rotatable bonds is 4. The lowest BCUT2D eigenvalue weighted by atomic mass is 9.72. The van der Waals surface area contributed by atoms with Crippen molar-refractivity contribution in [2.75, 3.05) is 13.7 Å². The van der Waals surface area contributed by atoms with Crippen LogP contribution < -0.4 is 0 Å². The molecule has 0 spiro atoms. The lowest BCUT2D eigenvalue weighted by molar-refractivity contribution is -0.164. The number of hydrogen-bond donors (Lipinski definition) is 1. The van der Waals surface area contributed by atoms with Gasteiger partial charge in [0.2, 0.25) is 5.91 Å². The predicted octanol–water partition coefficient (Wildman–Crippen LogP) is 0.840. The molecule has 1 saturated heterocycles. The molecule has 6 nitrogen and oxygen atoms in total. The van der Waals surface area contributed by atoms with Crippen LogP contribution in [0.25, 0.3) is 0 Å². The zero-order valence-electron chi connectivity index (χ0n) is 13.2. The molecule has 122 valence electrons. The van der Waals surface area contributed by atoms with Crippen molar-refractivity contribution in [1.29, 1.82) is 0 Å². The monoisotopic (exact) mass is 309 g/mol. The summed E-state index contributed by atoms with van der Waals surface area (Å²) in [4.78, 5) is 26.4. The maximum Gasteiger partial charge on any atom is 0.355 e. The molecule has 0 aromatic heterocycles. The van der Waals surface area contributed by atoms with E-state index >= 15 is 0 Å². The summed E-state index contributed by atoms with van der Waals surface area (Å²) >= 11 is 0. The van der Waals surface area contributed by atoms with E-state index < -0.39 is 18.0 Å². The van der Waals surface area contributed by atoms with Crippen LogP contribution in [0.5, 0.6) is 0 Å². The molecule has 1 amide bonds. The van der Waals surface area contributed by atoms with Gasteiger partial charge in [0, 0.05) is 13.0 Å². The molecule has 1 saturated carbocycles. The van der Waals surface area contributed by atoms with Crippen molar-refractivity contribution < 1.29 is 24.2 Å². The third-order valence-electron chi connectivity index (χ3n) is 5.12. The van der Waals surface area contributed by atoms with Gasteiger partial charge in [-0.2, -0.15) is 0 Å². The van der Waals surface area contributed by atoms with Crippen LogP contribution >= 0.6 is 0 Å². The van der Waals surface area contributed by atoms with Crippen LogP contribution in [0.15, 0.2) is 11.3 Å². The zero-order chi connectivity index (χ0) is 16.0. The first-order valence-corrected chi connectivity index (χ1v) is 7.98. The first-order chi connectivity index (χ1) is 10.5. The van der Waals surface area contributed by atoms with Crippen molar-refractivity contribution in [2.45, 2.75) is 51.4 Å². The number of carbonyl (C=O) groups is 2. The minimum atomic E-state index is -0.709.